The second-order valence-corrected chi connectivity index (χ2v) is 11.2. The Morgan fingerprint density at radius 2 is 1.80 bits per heavy atom. The number of aromatic nitrogens is 3. The van der Waals surface area contributed by atoms with E-state index in [1.54, 1.807) is 19.2 Å². The first-order valence-electron chi connectivity index (χ1n) is 14.1. The van der Waals surface area contributed by atoms with Gasteiger partial charge in [-0.2, -0.15) is 13.9 Å². The molecule has 12 heteroatoms. The number of carbonyl (C=O) groups is 1. The lowest BCUT2D eigenvalue weighted by Gasteiger charge is -2.22. The largest absolute Gasteiger partial charge is 0.380 e. The normalized spacial score (nSPS) is 18.6. The van der Waals surface area contributed by atoms with Crippen molar-refractivity contribution in [3.8, 4) is 11.1 Å². The molecule has 0 radical (unpaired) electrons. The fraction of sp³-hybridized carbons (Fsp3) is 0.344. The molecule has 4 aromatic rings. The highest BCUT2D eigenvalue weighted by atomic mass is 19.3. The van der Waals surface area contributed by atoms with Crippen LogP contribution in [0.25, 0.3) is 11.1 Å². The number of methoxy groups -OCH3 is 1. The van der Waals surface area contributed by atoms with Gasteiger partial charge < -0.3 is 10.1 Å². The summed E-state index contributed by atoms with van der Waals surface area (Å²) in [5.74, 6) is -7.38. The molecule has 2 aliphatic rings. The average Bonchev–Trinajstić information content (AvgIpc) is 3.64. The second-order valence-electron chi connectivity index (χ2n) is 11.2. The van der Waals surface area contributed by atoms with Crippen molar-refractivity contribution in [2.75, 3.05) is 7.11 Å². The Morgan fingerprint density at radius 3 is 2.48 bits per heavy atom. The first-order valence-corrected chi connectivity index (χ1v) is 14.1. The molecule has 6 nitrogen and oxygen atoms in total. The summed E-state index contributed by atoms with van der Waals surface area (Å²) in [5, 5.41) is 6.54. The molecule has 1 amide bonds. The number of aryl methyl sites for hydroxylation is 1. The Labute approximate surface area is 249 Å². The van der Waals surface area contributed by atoms with Gasteiger partial charge in [-0.25, -0.2) is 17.6 Å². The summed E-state index contributed by atoms with van der Waals surface area (Å²) in [6, 6.07) is 13.3. The van der Waals surface area contributed by atoms with Gasteiger partial charge in [0.2, 0.25) is 5.91 Å². The van der Waals surface area contributed by atoms with Crippen LogP contribution in [0.3, 0.4) is 0 Å². The summed E-state index contributed by atoms with van der Waals surface area (Å²) >= 11 is 0. The predicted octanol–water partition coefficient (Wildman–Crippen LogP) is 7.01. The SMILES string of the molecule is COCc1ccc(-c2cccnc2[C@H](CCc2cc(F)cc(F)c2)NC(=O)Cn2nc(C(F)F)c3c2C(F)(F)C2CC32)cc1. The van der Waals surface area contributed by atoms with Crippen LogP contribution in [0.5, 0.6) is 0 Å². The summed E-state index contributed by atoms with van der Waals surface area (Å²) in [4.78, 5) is 17.9. The minimum atomic E-state index is -3.37. The molecule has 44 heavy (non-hydrogen) atoms. The molecule has 0 spiro atoms. The maximum absolute atomic E-state index is 15.1. The van der Waals surface area contributed by atoms with E-state index in [1.165, 1.54) is 18.3 Å². The number of ether oxygens (including phenoxy) is 1. The second kappa shape index (κ2) is 11.7. The van der Waals surface area contributed by atoms with Gasteiger partial charge in [-0.1, -0.05) is 30.3 Å². The molecule has 1 saturated carbocycles. The molecule has 6 rings (SSSR count). The number of nitrogens with one attached hydrogen (secondary N) is 1. The molecule has 2 aliphatic carbocycles. The first-order chi connectivity index (χ1) is 21.1. The molecule has 0 aliphatic heterocycles. The summed E-state index contributed by atoms with van der Waals surface area (Å²) < 4.78 is 91.3. The molecule has 2 unspecified atom stereocenters. The lowest BCUT2D eigenvalue weighted by Crippen LogP contribution is -2.34. The molecule has 2 aromatic heterocycles. The highest BCUT2D eigenvalue weighted by Gasteiger charge is 2.67. The Morgan fingerprint density at radius 1 is 1.07 bits per heavy atom. The van der Waals surface area contributed by atoms with E-state index in [9.17, 15) is 22.4 Å². The van der Waals surface area contributed by atoms with Crippen molar-refractivity contribution >= 4 is 5.91 Å². The molecule has 1 N–H and O–H groups in total. The van der Waals surface area contributed by atoms with Crippen LogP contribution in [0.15, 0.2) is 60.8 Å². The highest BCUT2D eigenvalue weighted by Crippen LogP contribution is 2.68. The Balaban J connectivity index is 1.31. The predicted molar refractivity (Wildman–Crippen MR) is 148 cm³/mol. The first kappa shape index (κ1) is 29.9. The number of hydrogen-bond donors (Lipinski definition) is 1. The smallest absolute Gasteiger partial charge is 0.293 e. The van der Waals surface area contributed by atoms with E-state index >= 15 is 8.78 Å². The fourth-order valence-electron chi connectivity index (χ4n) is 6.18. The van der Waals surface area contributed by atoms with Crippen LogP contribution < -0.4 is 5.32 Å². The van der Waals surface area contributed by atoms with Crippen molar-refractivity contribution in [2.45, 2.75) is 56.7 Å². The molecule has 0 bridgehead atoms. The van der Waals surface area contributed by atoms with Crippen LogP contribution in [-0.4, -0.2) is 27.8 Å². The third kappa shape index (κ3) is 5.70. The molecular weight excluding hydrogens is 586 g/mol. The van der Waals surface area contributed by atoms with Gasteiger partial charge >= 0.3 is 0 Å². The number of amides is 1. The van der Waals surface area contributed by atoms with Crippen LogP contribution in [0.2, 0.25) is 0 Å². The van der Waals surface area contributed by atoms with Gasteiger partial charge in [0, 0.05) is 36.4 Å². The summed E-state index contributed by atoms with van der Waals surface area (Å²) in [5.41, 5.74) is 1.64. The number of fused-ring (bicyclic) bond motifs is 3. The number of hydrogen-bond acceptors (Lipinski definition) is 4. The Bertz CT molecular complexity index is 1670. The van der Waals surface area contributed by atoms with Gasteiger partial charge in [0.05, 0.1) is 18.3 Å². The maximum atomic E-state index is 15.1. The minimum Gasteiger partial charge on any atom is -0.380 e. The van der Waals surface area contributed by atoms with Crippen LogP contribution in [-0.2, 0) is 35.0 Å². The average molecular weight is 615 g/mol. The number of carbonyl (C=O) groups excluding carboxylic acids is 1. The third-order valence-corrected chi connectivity index (χ3v) is 8.18. The van der Waals surface area contributed by atoms with Crippen molar-refractivity contribution in [3.05, 3.63) is 106 Å². The van der Waals surface area contributed by atoms with E-state index in [2.05, 4.69) is 15.4 Å². The zero-order valence-electron chi connectivity index (χ0n) is 23.5. The standard InChI is InChI=1S/C32H28F6N4O2/c1-44-16-17-4-7-19(8-5-17)22-3-2-10-39-28(22)25(9-6-18-11-20(33)13-21(34)12-18)40-26(43)15-42-30-27(29(41-42)31(35)36)23-14-24(23)32(30,37)38/h2-5,7-8,10-13,23-25,31H,6,9,14-16H2,1H3,(H,40,43)/t23?,24?,25-/m0/s1. The van der Waals surface area contributed by atoms with Crippen molar-refractivity contribution in [1.29, 1.82) is 0 Å². The van der Waals surface area contributed by atoms with E-state index in [1.807, 2.05) is 24.3 Å². The van der Waals surface area contributed by atoms with Crippen molar-refractivity contribution in [2.24, 2.45) is 5.92 Å². The lowest BCUT2D eigenvalue weighted by molar-refractivity contribution is -0.123. The molecule has 3 atom stereocenters. The van der Waals surface area contributed by atoms with Crippen molar-refractivity contribution in [3.63, 3.8) is 0 Å². The summed E-state index contributed by atoms with van der Waals surface area (Å²) in [6.45, 7) is -0.308. The van der Waals surface area contributed by atoms with Crippen molar-refractivity contribution < 1.29 is 35.9 Å². The zero-order chi connectivity index (χ0) is 31.2. The van der Waals surface area contributed by atoms with Gasteiger partial charge in [-0.15, -0.1) is 0 Å². The van der Waals surface area contributed by atoms with Gasteiger partial charge in [-0.3, -0.25) is 14.5 Å². The van der Waals surface area contributed by atoms with Gasteiger partial charge in [0.25, 0.3) is 12.3 Å². The lowest BCUT2D eigenvalue weighted by atomic mass is 9.95. The Hall–Kier alpha value is -4.19. The van der Waals surface area contributed by atoms with Gasteiger partial charge in [0.1, 0.15) is 29.6 Å². The number of pyridine rings is 1. The summed E-state index contributed by atoms with van der Waals surface area (Å²) in [7, 11) is 1.58. The van der Waals surface area contributed by atoms with Crippen LogP contribution in [0.4, 0.5) is 26.3 Å². The number of rotatable bonds is 11. The Kier molecular flexibility index (Phi) is 7.95. The maximum Gasteiger partial charge on any atom is 0.293 e. The van der Waals surface area contributed by atoms with Crippen molar-refractivity contribution in [1.82, 2.24) is 20.1 Å². The number of halogens is 6. The van der Waals surface area contributed by atoms with Gasteiger partial charge in [0.15, 0.2) is 0 Å². The molecule has 0 saturated heterocycles. The van der Waals surface area contributed by atoms with E-state index in [0.29, 0.717) is 28.1 Å². The topological polar surface area (TPSA) is 69.0 Å². The van der Waals surface area contributed by atoms with E-state index in [4.69, 9.17) is 4.74 Å². The molecule has 230 valence electrons. The number of benzene rings is 2. The van der Waals surface area contributed by atoms with Crippen LogP contribution in [0, 0.1) is 17.6 Å². The van der Waals surface area contributed by atoms with Crippen LogP contribution in [0.1, 0.15) is 65.0 Å². The van der Waals surface area contributed by atoms with Crippen LogP contribution >= 0.6 is 0 Å². The minimum absolute atomic E-state index is 0.106. The summed E-state index contributed by atoms with van der Waals surface area (Å²) in [6.07, 6.45) is -1.15. The quantitative estimate of drug-likeness (QED) is 0.185. The fourth-order valence-corrected chi connectivity index (χ4v) is 6.18. The molecule has 2 heterocycles. The van der Waals surface area contributed by atoms with E-state index in [-0.39, 0.29) is 24.8 Å². The third-order valence-electron chi connectivity index (χ3n) is 8.18. The highest BCUT2D eigenvalue weighted by molar-refractivity contribution is 5.77. The zero-order valence-corrected chi connectivity index (χ0v) is 23.5. The molecule has 2 aromatic carbocycles. The van der Waals surface area contributed by atoms with E-state index < -0.39 is 65.7 Å². The van der Waals surface area contributed by atoms with Gasteiger partial charge in [-0.05, 0) is 60.1 Å². The number of alkyl halides is 4. The number of nitrogens with zero attached hydrogens (tertiary/aromatic N) is 3. The molecule has 1 fully saturated rings. The van der Waals surface area contributed by atoms with E-state index in [0.717, 1.165) is 17.2 Å². The molecular formula is C32H28F6N4O2. The monoisotopic (exact) mass is 614 g/mol.